The predicted molar refractivity (Wildman–Crippen MR) is 57.4 cm³/mol. The highest BCUT2D eigenvalue weighted by Gasteiger charge is 1.98. The van der Waals surface area contributed by atoms with Gasteiger partial charge in [0.2, 0.25) is 0 Å². The van der Waals surface area contributed by atoms with Crippen molar-refractivity contribution < 1.29 is 4.79 Å². The van der Waals surface area contributed by atoms with Crippen LogP contribution in [0.5, 0.6) is 0 Å². The second kappa shape index (κ2) is 6.67. The molecule has 0 N–H and O–H groups in total. The molecule has 1 nitrogen and oxygen atoms in total. The number of hydrogen-bond donors (Lipinski definition) is 0. The van der Waals surface area contributed by atoms with Gasteiger partial charge >= 0.3 is 0 Å². The van der Waals surface area contributed by atoms with E-state index in [4.69, 9.17) is 11.6 Å². The van der Waals surface area contributed by atoms with Crippen LogP contribution in [0.4, 0.5) is 0 Å². The summed E-state index contributed by atoms with van der Waals surface area (Å²) in [5.74, 6) is 0. The molecule has 72 valence electrons. The van der Waals surface area contributed by atoms with Crippen LogP contribution in [0.15, 0.2) is 24.3 Å². The minimum Gasteiger partial charge on any atom is -0.276 e. The zero-order chi connectivity index (χ0) is 10.3. The molecule has 0 saturated heterocycles. The zero-order valence-electron chi connectivity index (χ0n) is 8.30. The predicted octanol–water partition coefficient (Wildman–Crippen LogP) is 3.65. The van der Waals surface area contributed by atoms with E-state index in [0.717, 1.165) is 6.42 Å². The molecule has 0 amide bonds. The van der Waals surface area contributed by atoms with Crippen LogP contribution < -0.4 is 0 Å². The minimum absolute atomic E-state index is 0.396. The first-order valence-corrected chi connectivity index (χ1v) is 4.90. The Balaban J connectivity index is 0.000000671. The fourth-order valence-corrected chi connectivity index (χ4v) is 0.997. The van der Waals surface area contributed by atoms with E-state index in [0.29, 0.717) is 5.56 Å². The van der Waals surface area contributed by atoms with Gasteiger partial charge < -0.3 is 0 Å². The molecular formula is C11H15ClO. The topological polar surface area (TPSA) is 17.1 Å². The first-order valence-electron chi connectivity index (χ1n) is 4.53. The van der Waals surface area contributed by atoms with Crippen LogP contribution in [0, 0.1) is 0 Å². The second-order valence-electron chi connectivity index (χ2n) is 2.32. The lowest BCUT2D eigenvalue weighted by Crippen LogP contribution is -1.88. The standard InChI is InChI=1S/C9H9ClO.C2H6/c1-2-7-3-5-8(6-4-7)9(10)11;1-2/h3-6H,2H2,1H3;1-2H3. The lowest BCUT2D eigenvalue weighted by atomic mass is 10.1. The molecule has 1 aromatic rings. The normalized spacial score (nSPS) is 8.62. The summed E-state index contributed by atoms with van der Waals surface area (Å²) in [7, 11) is 0. The molecule has 0 spiro atoms. The maximum absolute atomic E-state index is 10.6. The summed E-state index contributed by atoms with van der Waals surface area (Å²) >= 11 is 5.26. The Morgan fingerprint density at radius 3 is 2.00 bits per heavy atom. The summed E-state index contributed by atoms with van der Waals surface area (Å²) in [6, 6.07) is 7.31. The van der Waals surface area contributed by atoms with Gasteiger partial charge in [-0.1, -0.05) is 32.9 Å². The van der Waals surface area contributed by atoms with Crippen LogP contribution in [-0.2, 0) is 6.42 Å². The molecule has 0 aromatic heterocycles. The molecule has 0 saturated carbocycles. The highest BCUT2D eigenvalue weighted by atomic mass is 35.5. The zero-order valence-corrected chi connectivity index (χ0v) is 9.06. The molecule has 0 unspecified atom stereocenters. The van der Waals surface area contributed by atoms with Gasteiger partial charge in [-0.15, -0.1) is 0 Å². The van der Waals surface area contributed by atoms with Crippen molar-refractivity contribution >= 4 is 16.8 Å². The Labute approximate surface area is 84.7 Å². The third-order valence-electron chi connectivity index (χ3n) is 1.59. The largest absolute Gasteiger partial charge is 0.276 e. The van der Waals surface area contributed by atoms with Gasteiger partial charge in [0.1, 0.15) is 0 Å². The van der Waals surface area contributed by atoms with Crippen molar-refractivity contribution in [1.29, 1.82) is 0 Å². The fraction of sp³-hybridized carbons (Fsp3) is 0.364. The first kappa shape index (κ1) is 12.2. The van der Waals surface area contributed by atoms with E-state index in [-0.39, 0.29) is 0 Å². The Kier molecular flexibility index (Phi) is 6.25. The average molecular weight is 199 g/mol. The molecule has 13 heavy (non-hydrogen) atoms. The summed E-state index contributed by atoms with van der Waals surface area (Å²) < 4.78 is 0. The van der Waals surface area contributed by atoms with Crippen molar-refractivity contribution in [3.8, 4) is 0 Å². The maximum atomic E-state index is 10.6. The van der Waals surface area contributed by atoms with Crippen molar-refractivity contribution in [2.24, 2.45) is 0 Å². The number of rotatable bonds is 2. The van der Waals surface area contributed by atoms with Crippen molar-refractivity contribution in [3.05, 3.63) is 35.4 Å². The molecular weight excluding hydrogens is 184 g/mol. The molecule has 0 atom stereocenters. The Morgan fingerprint density at radius 1 is 1.23 bits per heavy atom. The van der Waals surface area contributed by atoms with E-state index >= 15 is 0 Å². The van der Waals surface area contributed by atoms with Crippen LogP contribution >= 0.6 is 11.6 Å². The van der Waals surface area contributed by atoms with Gasteiger partial charge in [0, 0.05) is 5.56 Å². The highest BCUT2D eigenvalue weighted by Crippen LogP contribution is 2.06. The van der Waals surface area contributed by atoms with Gasteiger partial charge in [-0.05, 0) is 35.7 Å². The van der Waals surface area contributed by atoms with Crippen molar-refractivity contribution in [3.63, 3.8) is 0 Å². The van der Waals surface area contributed by atoms with Crippen molar-refractivity contribution in [2.75, 3.05) is 0 Å². The van der Waals surface area contributed by atoms with Gasteiger partial charge in [0.05, 0.1) is 0 Å². The lowest BCUT2D eigenvalue weighted by molar-refractivity contribution is 0.108. The molecule has 0 radical (unpaired) electrons. The van der Waals surface area contributed by atoms with Crippen LogP contribution in [0.3, 0.4) is 0 Å². The monoisotopic (exact) mass is 198 g/mol. The van der Waals surface area contributed by atoms with Crippen LogP contribution in [0.1, 0.15) is 36.7 Å². The van der Waals surface area contributed by atoms with Crippen molar-refractivity contribution in [1.82, 2.24) is 0 Å². The first-order chi connectivity index (χ1) is 6.24. The average Bonchev–Trinajstić information content (AvgIpc) is 2.21. The van der Waals surface area contributed by atoms with Crippen molar-refractivity contribution in [2.45, 2.75) is 27.2 Å². The third-order valence-corrected chi connectivity index (χ3v) is 1.81. The molecule has 0 aliphatic rings. The highest BCUT2D eigenvalue weighted by molar-refractivity contribution is 6.67. The Bertz CT molecular complexity index is 251. The number of halogens is 1. The van der Waals surface area contributed by atoms with E-state index in [1.54, 1.807) is 12.1 Å². The van der Waals surface area contributed by atoms with E-state index in [9.17, 15) is 4.79 Å². The van der Waals surface area contributed by atoms with E-state index in [1.807, 2.05) is 26.0 Å². The fourth-order valence-electron chi connectivity index (χ4n) is 0.871. The summed E-state index contributed by atoms with van der Waals surface area (Å²) in [6.07, 6.45) is 0.983. The number of hydrogen-bond acceptors (Lipinski definition) is 1. The number of carbonyl (C=O) groups is 1. The smallest absolute Gasteiger partial charge is 0.252 e. The van der Waals surface area contributed by atoms with Gasteiger partial charge in [-0.2, -0.15) is 0 Å². The maximum Gasteiger partial charge on any atom is 0.252 e. The summed E-state index contributed by atoms with van der Waals surface area (Å²) in [6.45, 7) is 6.07. The lowest BCUT2D eigenvalue weighted by Gasteiger charge is -1.95. The van der Waals surface area contributed by atoms with Gasteiger partial charge in [-0.3, -0.25) is 4.79 Å². The van der Waals surface area contributed by atoms with E-state index in [2.05, 4.69) is 6.92 Å². The Hall–Kier alpha value is -0.820. The molecule has 0 aliphatic heterocycles. The summed E-state index contributed by atoms with van der Waals surface area (Å²) in [5.41, 5.74) is 1.77. The SMILES string of the molecule is CC.CCc1ccc(C(=O)Cl)cc1. The second-order valence-corrected chi connectivity index (χ2v) is 2.67. The molecule has 2 heteroatoms. The van der Waals surface area contributed by atoms with Crippen LogP contribution in [0.25, 0.3) is 0 Å². The Morgan fingerprint density at radius 2 is 1.69 bits per heavy atom. The van der Waals surface area contributed by atoms with E-state index < -0.39 is 5.24 Å². The van der Waals surface area contributed by atoms with Gasteiger partial charge in [0.25, 0.3) is 5.24 Å². The minimum atomic E-state index is -0.396. The molecule has 0 aliphatic carbocycles. The van der Waals surface area contributed by atoms with Gasteiger partial charge in [0.15, 0.2) is 0 Å². The summed E-state index contributed by atoms with van der Waals surface area (Å²) in [4.78, 5) is 10.6. The van der Waals surface area contributed by atoms with Gasteiger partial charge in [-0.25, -0.2) is 0 Å². The third kappa shape index (κ3) is 4.09. The van der Waals surface area contributed by atoms with Crippen LogP contribution in [-0.4, -0.2) is 5.24 Å². The molecule has 1 aromatic carbocycles. The number of carbonyl (C=O) groups excluding carboxylic acids is 1. The quantitative estimate of drug-likeness (QED) is 0.663. The number of aryl methyl sites for hydroxylation is 1. The van der Waals surface area contributed by atoms with Crippen LogP contribution in [0.2, 0.25) is 0 Å². The number of benzene rings is 1. The van der Waals surface area contributed by atoms with E-state index in [1.165, 1.54) is 5.56 Å². The molecule has 1 rings (SSSR count). The molecule has 0 heterocycles. The molecule has 0 bridgehead atoms. The molecule has 0 fully saturated rings. The summed E-state index contributed by atoms with van der Waals surface area (Å²) in [5, 5.41) is -0.396.